The summed E-state index contributed by atoms with van der Waals surface area (Å²) in [5.41, 5.74) is 3.69. The molecule has 0 saturated carbocycles. The molecule has 3 nitrogen and oxygen atoms in total. The molecule has 0 saturated heterocycles. The second-order valence-electron chi connectivity index (χ2n) is 6.80. The number of fused-ring (bicyclic) bond motifs is 1. The number of methoxy groups -OCH3 is 1. The van der Waals surface area contributed by atoms with Crippen molar-refractivity contribution in [1.82, 2.24) is 0 Å². The summed E-state index contributed by atoms with van der Waals surface area (Å²) < 4.78 is 5.04. The highest BCUT2D eigenvalue weighted by molar-refractivity contribution is 5.81. The monoisotopic (exact) mass is 289 g/mol. The van der Waals surface area contributed by atoms with Gasteiger partial charge in [0.2, 0.25) is 0 Å². The molecule has 0 bridgehead atoms. The summed E-state index contributed by atoms with van der Waals surface area (Å²) >= 11 is 0. The van der Waals surface area contributed by atoms with Crippen LogP contribution in [0.5, 0.6) is 0 Å². The molecule has 1 heterocycles. The predicted octanol–water partition coefficient (Wildman–Crippen LogP) is 4.04. The fraction of sp³-hybridized carbons (Fsp3) is 0.611. The third-order valence-electron chi connectivity index (χ3n) is 4.61. The van der Waals surface area contributed by atoms with E-state index >= 15 is 0 Å². The van der Waals surface area contributed by atoms with E-state index in [9.17, 15) is 4.79 Å². The van der Waals surface area contributed by atoms with E-state index in [4.69, 9.17) is 4.74 Å². The highest BCUT2D eigenvalue weighted by Crippen LogP contribution is 2.45. The van der Waals surface area contributed by atoms with Crippen LogP contribution >= 0.6 is 0 Å². The molecule has 21 heavy (non-hydrogen) atoms. The minimum atomic E-state index is -0.224. The van der Waals surface area contributed by atoms with Crippen LogP contribution in [-0.4, -0.2) is 24.7 Å². The van der Waals surface area contributed by atoms with Gasteiger partial charge in [-0.1, -0.05) is 26.0 Å². The first kappa shape index (κ1) is 15.9. The number of carbonyl (C=O) groups is 1. The van der Waals surface area contributed by atoms with Crippen LogP contribution in [0.3, 0.4) is 0 Å². The molecule has 1 aliphatic rings. The van der Waals surface area contributed by atoms with E-state index in [-0.39, 0.29) is 17.6 Å². The van der Waals surface area contributed by atoms with Gasteiger partial charge in [0.05, 0.1) is 7.11 Å². The molecule has 0 fully saturated rings. The number of aryl methyl sites for hydroxylation is 1. The number of carbonyl (C=O) groups excluding carboxylic acids is 1. The number of ether oxygens (including phenoxy) is 1. The quantitative estimate of drug-likeness (QED) is 0.787. The van der Waals surface area contributed by atoms with Crippen LogP contribution in [-0.2, 0) is 9.53 Å². The molecular weight excluding hydrogens is 262 g/mol. The summed E-state index contributed by atoms with van der Waals surface area (Å²) in [4.78, 5) is 14.5. The Bertz CT molecular complexity index is 536. The first-order valence-electron chi connectivity index (χ1n) is 7.79. The summed E-state index contributed by atoms with van der Waals surface area (Å²) in [7, 11) is 1.47. The van der Waals surface area contributed by atoms with Gasteiger partial charge in [-0.3, -0.25) is 0 Å². The zero-order chi connectivity index (χ0) is 15.8. The number of anilines is 1. The van der Waals surface area contributed by atoms with Crippen LogP contribution in [0.1, 0.15) is 57.6 Å². The van der Waals surface area contributed by atoms with Crippen LogP contribution in [0.15, 0.2) is 18.2 Å². The van der Waals surface area contributed by atoms with Gasteiger partial charge in [-0.25, -0.2) is 4.79 Å². The molecule has 0 N–H and O–H groups in total. The lowest BCUT2D eigenvalue weighted by atomic mass is 9.78. The van der Waals surface area contributed by atoms with Gasteiger partial charge < -0.3 is 9.64 Å². The van der Waals surface area contributed by atoms with Gasteiger partial charge >= 0.3 is 5.97 Å². The summed E-state index contributed by atoms with van der Waals surface area (Å²) in [5, 5.41) is 0. The number of hydrogen-bond donors (Lipinski definition) is 0. The number of esters is 1. The van der Waals surface area contributed by atoms with Crippen molar-refractivity contribution in [2.75, 3.05) is 12.0 Å². The molecule has 0 amide bonds. The van der Waals surface area contributed by atoms with Crippen molar-refractivity contribution in [2.45, 2.75) is 65.0 Å². The zero-order valence-electron chi connectivity index (χ0n) is 14.1. The number of rotatable bonds is 3. The molecule has 0 aliphatic carbocycles. The molecule has 116 valence electrons. The third-order valence-corrected chi connectivity index (χ3v) is 4.61. The Morgan fingerprint density at radius 2 is 2.14 bits per heavy atom. The van der Waals surface area contributed by atoms with E-state index in [0.717, 1.165) is 12.8 Å². The van der Waals surface area contributed by atoms with E-state index < -0.39 is 0 Å². The largest absolute Gasteiger partial charge is 0.467 e. The van der Waals surface area contributed by atoms with Gasteiger partial charge in [0, 0.05) is 11.2 Å². The molecule has 3 heteroatoms. The number of nitrogens with zero attached hydrogens (tertiary/aromatic N) is 1. The average molecular weight is 289 g/mol. The van der Waals surface area contributed by atoms with Crippen molar-refractivity contribution >= 4 is 11.7 Å². The maximum atomic E-state index is 12.2. The van der Waals surface area contributed by atoms with Crippen LogP contribution < -0.4 is 4.90 Å². The lowest BCUT2D eigenvalue weighted by molar-refractivity contribution is -0.142. The summed E-state index contributed by atoms with van der Waals surface area (Å²) in [6.07, 6.45) is 1.79. The molecule has 1 aromatic carbocycles. The fourth-order valence-electron chi connectivity index (χ4n) is 3.74. The van der Waals surface area contributed by atoms with E-state index in [2.05, 4.69) is 50.8 Å². The lowest BCUT2D eigenvalue weighted by Crippen LogP contribution is -2.56. The van der Waals surface area contributed by atoms with Crippen molar-refractivity contribution in [1.29, 1.82) is 0 Å². The highest BCUT2D eigenvalue weighted by atomic mass is 16.5. The van der Waals surface area contributed by atoms with Crippen LogP contribution in [0.2, 0.25) is 0 Å². The Morgan fingerprint density at radius 3 is 2.71 bits per heavy atom. The van der Waals surface area contributed by atoms with Gasteiger partial charge in [0.1, 0.15) is 6.04 Å². The first-order chi connectivity index (χ1) is 9.81. The Kier molecular flexibility index (Phi) is 4.31. The van der Waals surface area contributed by atoms with E-state index in [1.165, 1.54) is 23.9 Å². The normalized spacial score (nSPS) is 21.6. The molecule has 0 radical (unpaired) electrons. The van der Waals surface area contributed by atoms with E-state index in [1.54, 1.807) is 0 Å². The minimum Gasteiger partial charge on any atom is -0.467 e. The zero-order valence-corrected chi connectivity index (χ0v) is 14.1. The Morgan fingerprint density at radius 1 is 1.48 bits per heavy atom. The molecule has 0 aromatic heterocycles. The van der Waals surface area contributed by atoms with Crippen molar-refractivity contribution in [3.63, 3.8) is 0 Å². The maximum Gasteiger partial charge on any atom is 0.328 e. The van der Waals surface area contributed by atoms with Crippen LogP contribution in [0.25, 0.3) is 0 Å². The predicted molar refractivity (Wildman–Crippen MR) is 86.9 cm³/mol. The number of benzene rings is 1. The molecule has 0 spiro atoms. The third kappa shape index (κ3) is 2.78. The van der Waals surface area contributed by atoms with Crippen molar-refractivity contribution < 1.29 is 9.53 Å². The molecular formula is C18H27NO2. The molecule has 2 atom stereocenters. The highest BCUT2D eigenvalue weighted by Gasteiger charge is 2.42. The molecule has 0 unspecified atom stereocenters. The number of hydrogen-bond acceptors (Lipinski definition) is 3. The lowest BCUT2D eigenvalue weighted by Gasteiger charge is -2.50. The van der Waals surface area contributed by atoms with E-state index in [0.29, 0.717) is 5.92 Å². The smallest absolute Gasteiger partial charge is 0.328 e. The van der Waals surface area contributed by atoms with Crippen molar-refractivity contribution in [2.24, 2.45) is 0 Å². The van der Waals surface area contributed by atoms with Gasteiger partial charge in [-0.05, 0) is 56.7 Å². The van der Waals surface area contributed by atoms with Gasteiger partial charge in [-0.15, -0.1) is 0 Å². The Balaban J connectivity index is 2.59. The SMILES string of the molecule is CC[C@@H](C(=O)OC)N1c2cc(C)ccc2[C@@H](C)CC1(C)C. The fourth-order valence-corrected chi connectivity index (χ4v) is 3.74. The van der Waals surface area contributed by atoms with Crippen LogP contribution in [0, 0.1) is 6.92 Å². The Hall–Kier alpha value is -1.51. The molecule has 1 aromatic rings. The molecule has 2 rings (SSSR count). The first-order valence-corrected chi connectivity index (χ1v) is 7.79. The summed E-state index contributed by atoms with van der Waals surface area (Å²) in [6.45, 7) is 10.9. The van der Waals surface area contributed by atoms with Gasteiger partial charge in [0.25, 0.3) is 0 Å². The van der Waals surface area contributed by atoms with Crippen molar-refractivity contribution in [3.05, 3.63) is 29.3 Å². The Labute approximate surface area is 128 Å². The summed E-state index contributed by atoms with van der Waals surface area (Å²) in [6, 6.07) is 6.35. The molecule has 1 aliphatic heterocycles. The minimum absolute atomic E-state index is 0.0604. The van der Waals surface area contributed by atoms with E-state index in [1.807, 2.05) is 6.92 Å². The topological polar surface area (TPSA) is 29.5 Å². The van der Waals surface area contributed by atoms with Crippen LogP contribution in [0.4, 0.5) is 5.69 Å². The standard InChI is InChI=1S/C18H27NO2/c1-7-15(17(20)21-6)19-16-10-12(2)8-9-14(16)13(3)11-18(19,4)5/h8-10,13,15H,7,11H2,1-6H3/t13-,15-/m0/s1. The second kappa shape index (κ2) is 5.70. The van der Waals surface area contributed by atoms with Crippen molar-refractivity contribution in [3.8, 4) is 0 Å². The average Bonchev–Trinajstić information content (AvgIpc) is 2.41. The summed E-state index contributed by atoms with van der Waals surface area (Å²) in [5.74, 6) is 0.356. The maximum absolute atomic E-state index is 12.2. The second-order valence-corrected chi connectivity index (χ2v) is 6.80. The van der Waals surface area contributed by atoms with Gasteiger partial charge in [-0.2, -0.15) is 0 Å². The van der Waals surface area contributed by atoms with Gasteiger partial charge in [0.15, 0.2) is 0 Å².